The maximum absolute atomic E-state index is 14.5. The number of nitrogen functional groups attached to an aromatic ring is 2. The highest BCUT2D eigenvalue weighted by molar-refractivity contribution is 5.61. The molecule has 0 heterocycles. The SMILES string of the molecule is Nc1c(F)c(F)cc(Oc2cc(Oc3cc(F)c(F)c(N)c3C(F)(F)F)c(C(F)(F)F)c(F)c2F)c1C(F)(F)F. The van der Waals surface area contributed by atoms with Crippen molar-refractivity contribution < 1.29 is 75.3 Å². The van der Waals surface area contributed by atoms with Gasteiger partial charge in [0, 0.05) is 18.2 Å². The summed E-state index contributed by atoms with van der Waals surface area (Å²) in [6, 6.07) is -1.31. The summed E-state index contributed by atoms with van der Waals surface area (Å²) in [6.45, 7) is 0. The average molecular weight is 604 g/mol. The molecule has 3 aromatic carbocycles. The van der Waals surface area contributed by atoms with Crippen LogP contribution < -0.4 is 20.9 Å². The van der Waals surface area contributed by atoms with Crippen molar-refractivity contribution in [1.82, 2.24) is 0 Å². The number of hydrogen-bond donors (Lipinski definition) is 2. The molecule has 0 bridgehead atoms. The van der Waals surface area contributed by atoms with Crippen LogP contribution >= 0.6 is 0 Å². The van der Waals surface area contributed by atoms with E-state index in [1.54, 1.807) is 0 Å². The Morgan fingerprint density at radius 1 is 0.425 bits per heavy atom. The van der Waals surface area contributed by atoms with E-state index in [1.807, 2.05) is 0 Å². The molecule has 4 N–H and O–H groups in total. The largest absolute Gasteiger partial charge is 0.456 e. The van der Waals surface area contributed by atoms with Gasteiger partial charge < -0.3 is 20.9 Å². The van der Waals surface area contributed by atoms with E-state index in [1.165, 1.54) is 0 Å². The lowest BCUT2D eigenvalue weighted by Crippen LogP contribution is -2.16. The standard InChI is InChI=1S/C21H7F15N2O2/c22-4-1-6(11(20(31,32)33)17(37)13(4)24)39-8-3-9(15(26)16(27)10(8)19(28,29)30)40-7-2-5(23)14(25)18(38)12(7)21(34,35)36/h1-3H,37-38H2. The van der Waals surface area contributed by atoms with E-state index < -0.39 is 123 Å². The fourth-order valence-corrected chi connectivity index (χ4v) is 3.23. The van der Waals surface area contributed by atoms with Gasteiger partial charge in [0.25, 0.3) is 0 Å². The molecule has 40 heavy (non-hydrogen) atoms. The van der Waals surface area contributed by atoms with E-state index >= 15 is 0 Å². The minimum Gasteiger partial charge on any atom is -0.456 e. The zero-order valence-electron chi connectivity index (χ0n) is 18.4. The lowest BCUT2D eigenvalue weighted by Gasteiger charge is -2.21. The van der Waals surface area contributed by atoms with Crippen LogP contribution in [0, 0.1) is 34.9 Å². The van der Waals surface area contributed by atoms with Gasteiger partial charge in [-0.2, -0.15) is 43.9 Å². The Balaban J connectivity index is 2.33. The van der Waals surface area contributed by atoms with E-state index in [-0.39, 0.29) is 0 Å². The molecule has 3 aromatic rings. The molecular weight excluding hydrogens is 597 g/mol. The van der Waals surface area contributed by atoms with Crippen LogP contribution in [0.15, 0.2) is 18.2 Å². The van der Waals surface area contributed by atoms with Crippen LogP contribution in [0.1, 0.15) is 16.7 Å². The molecule has 0 unspecified atom stereocenters. The molecule has 0 aromatic heterocycles. The van der Waals surface area contributed by atoms with E-state index in [0.29, 0.717) is 0 Å². The topological polar surface area (TPSA) is 70.5 Å². The molecule has 0 saturated carbocycles. The number of nitrogens with two attached hydrogens (primary N) is 2. The van der Waals surface area contributed by atoms with Crippen molar-refractivity contribution >= 4 is 11.4 Å². The molecule has 0 radical (unpaired) electrons. The Kier molecular flexibility index (Phi) is 7.42. The molecule has 218 valence electrons. The number of alkyl halides is 9. The number of anilines is 2. The quantitative estimate of drug-likeness (QED) is 0.232. The van der Waals surface area contributed by atoms with E-state index in [0.717, 1.165) is 0 Å². The number of hydrogen-bond acceptors (Lipinski definition) is 4. The summed E-state index contributed by atoms with van der Waals surface area (Å²) in [5, 5.41) is 0. The van der Waals surface area contributed by atoms with Crippen molar-refractivity contribution in [2.24, 2.45) is 0 Å². The van der Waals surface area contributed by atoms with Crippen molar-refractivity contribution in [3.63, 3.8) is 0 Å². The van der Waals surface area contributed by atoms with Crippen molar-refractivity contribution in [3.8, 4) is 23.0 Å². The third-order valence-corrected chi connectivity index (χ3v) is 4.87. The maximum Gasteiger partial charge on any atom is 0.422 e. The zero-order valence-corrected chi connectivity index (χ0v) is 18.4. The molecule has 4 nitrogen and oxygen atoms in total. The fourth-order valence-electron chi connectivity index (χ4n) is 3.23. The second-order valence-corrected chi connectivity index (χ2v) is 7.49. The molecule has 0 fully saturated rings. The maximum atomic E-state index is 14.5. The van der Waals surface area contributed by atoms with Crippen molar-refractivity contribution in [3.05, 3.63) is 69.8 Å². The monoisotopic (exact) mass is 604 g/mol. The summed E-state index contributed by atoms with van der Waals surface area (Å²) in [5.41, 5.74) is -1.87. The van der Waals surface area contributed by atoms with Crippen molar-refractivity contribution in [2.75, 3.05) is 11.5 Å². The Hall–Kier alpha value is -4.19. The van der Waals surface area contributed by atoms with Crippen LogP contribution in [0.3, 0.4) is 0 Å². The number of rotatable bonds is 4. The summed E-state index contributed by atoms with van der Waals surface area (Å²) in [5.74, 6) is -22.9. The number of halogens is 15. The van der Waals surface area contributed by atoms with Gasteiger partial charge in [-0.15, -0.1) is 0 Å². The third kappa shape index (κ3) is 5.44. The first-order valence-electron chi connectivity index (χ1n) is 9.71. The van der Waals surface area contributed by atoms with Crippen LogP contribution in [-0.2, 0) is 18.5 Å². The second-order valence-electron chi connectivity index (χ2n) is 7.49. The lowest BCUT2D eigenvalue weighted by atomic mass is 10.1. The van der Waals surface area contributed by atoms with Crippen LogP contribution in [-0.4, -0.2) is 0 Å². The molecule has 0 aliphatic heterocycles. The predicted octanol–water partition coefficient (Wildman–Crippen LogP) is 8.33. The second kappa shape index (κ2) is 9.77. The Bertz CT molecular complexity index is 1490. The van der Waals surface area contributed by atoms with Gasteiger partial charge in [0.15, 0.2) is 34.8 Å². The van der Waals surface area contributed by atoms with Gasteiger partial charge in [0.1, 0.15) is 33.9 Å². The lowest BCUT2D eigenvalue weighted by molar-refractivity contribution is -0.141. The highest BCUT2D eigenvalue weighted by atomic mass is 19.4. The molecule has 0 atom stereocenters. The first-order valence-corrected chi connectivity index (χ1v) is 9.71. The molecule has 0 aliphatic carbocycles. The van der Waals surface area contributed by atoms with Gasteiger partial charge in [-0.3, -0.25) is 0 Å². The Labute approximate surface area is 210 Å². The predicted molar refractivity (Wildman–Crippen MR) is 103 cm³/mol. The van der Waals surface area contributed by atoms with E-state index in [9.17, 15) is 65.9 Å². The summed E-state index contributed by atoms with van der Waals surface area (Å²) in [7, 11) is 0. The fraction of sp³-hybridized carbons (Fsp3) is 0.143. The summed E-state index contributed by atoms with van der Waals surface area (Å²) < 4.78 is 213. The van der Waals surface area contributed by atoms with Gasteiger partial charge in [-0.1, -0.05) is 0 Å². The molecule has 0 saturated heterocycles. The zero-order chi connectivity index (χ0) is 30.7. The van der Waals surface area contributed by atoms with Crippen LogP contribution in [0.25, 0.3) is 0 Å². The highest BCUT2D eigenvalue weighted by Gasteiger charge is 2.44. The molecule has 0 spiro atoms. The van der Waals surface area contributed by atoms with Crippen molar-refractivity contribution in [2.45, 2.75) is 18.5 Å². The normalized spacial score (nSPS) is 12.6. The minimum atomic E-state index is -6.01. The Morgan fingerprint density at radius 2 is 0.750 bits per heavy atom. The van der Waals surface area contributed by atoms with Gasteiger partial charge in [-0.25, -0.2) is 22.0 Å². The van der Waals surface area contributed by atoms with Gasteiger partial charge >= 0.3 is 18.5 Å². The molecule has 3 rings (SSSR count). The van der Waals surface area contributed by atoms with Crippen LogP contribution in [0.5, 0.6) is 23.0 Å². The highest BCUT2D eigenvalue weighted by Crippen LogP contribution is 2.49. The molecular formula is C21H7F15N2O2. The number of ether oxygens (including phenoxy) is 2. The van der Waals surface area contributed by atoms with Gasteiger partial charge in [0.2, 0.25) is 5.82 Å². The summed E-state index contributed by atoms with van der Waals surface area (Å²) >= 11 is 0. The van der Waals surface area contributed by atoms with Gasteiger partial charge in [-0.05, 0) is 0 Å². The first kappa shape index (κ1) is 30.4. The summed E-state index contributed by atoms with van der Waals surface area (Å²) in [4.78, 5) is 0. The molecule has 0 amide bonds. The minimum absolute atomic E-state index is 0.401. The van der Waals surface area contributed by atoms with E-state index in [4.69, 9.17) is 11.5 Å². The van der Waals surface area contributed by atoms with Crippen LogP contribution in [0.2, 0.25) is 0 Å². The Morgan fingerprint density at radius 3 is 1.10 bits per heavy atom. The van der Waals surface area contributed by atoms with Crippen LogP contribution in [0.4, 0.5) is 77.2 Å². The average Bonchev–Trinajstić information content (AvgIpc) is 2.76. The van der Waals surface area contributed by atoms with Crippen molar-refractivity contribution in [1.29, 1.82) is 0 Å². The molecule has 19 heteroatoms. The molecule has 0 aliphatic rings. The smallest absolute Gasteiger partial charge is 0.422 e. The third-order valence-electron chi connectivity index (χ3n) is 4.87. The van der Waals surface area contributed by atoms with E-state index in [2.05, 4.69) is 9.47 Å². The summed E-state index contributed by atoms with van der Waals surface area (Å²) in [6.07, 6.45) is -17.5. The van der Waals surface area contributed by atoms with Gasteiger partial charge in [0.05, 0.1) is 11.4 Å². The first-order chi connectivity index (χ1) is 18.1. The number of benzene rings is 3.